The summed E-state index contributed by atoms with van der Waals surface area (Å²) in [5.74, 6) is 1.23. The molecule has 0 saturated heterocycles. The maximum absolute atomic E-state index is 6.20. The van der Waals surface area contributed by atoms with Gasteiger partial charge in [0.15, 0.2) is 11.5 Å². The van der Waals surface area contributed by atoms with Gasteiger partial charge >= 0.3 is 0 Å². The van der Waals surface area contributed by atoms with Crippen LogP contribution >= 0.6 is 22.9 Å². The fourth-order valence-electron chi connectivity index (χ4n) is 1.98. The van der Waals surface area contributed by atoms with Crippen LogP contribution in [-0.4, -0.2) is 14.2 Å². The molecule has 1 aromatic heterocycles. The minimum atomic E-state index is 0.307. The monoisotopic (exact) mass is 311 g/mol. The topological polar surface area (TPSA) is 30.5 Å². The average Bonchev–Trinajstić information content (AvgIpc) is 2.98. The Morgan fingerprint density at radius 3 is 2.70 bits per heavy atom. The van der Waals surface area contributed by atoms with Crippen molar-refractivity contribution in [1.82, 2.24) is 5.32 Å². The quantitative estimate of drug-likeness (QED) is 0.864. The maximum atomic E-state index is 6.20. The SMILES string of the molecule is COc1cc(CN[C@H](C)c2cccs2)cc(Cl)c1OC. The number of rotatable bonds is 6. The highest BCUT2D eigenvalue weighted by Crippen LogP contribution is 2.36. The van der Waals surface area contributed by atoms with E-state index in [-0.39, 0.29) is 0 Å². The lowest BCUT2D eigenvalue weighted by Gasteiger charge is -2.15. The van der Waals surface area contributed by atoms with E-state index >= 15 is 0 Å². The van der Waals surface area contributed by atoms with Gasteiger partial charge in [0.25, 0.3) is 0 Å². The van der Waals surface area contributed by atoms with Crippen LogP contribution in [0.4, 0.5) is 0 Å². The van der Waals surface area contributed by atoms with Crippen LogP contribution in [0.1, 0.15) is 23.4 Å². The van der Waals surface area contributed by atoms with Gasteiger partial charge in [0.2, 0.25) is 0 Å². The Morgan fingerprint density at radius 2 is 2.10 bits per heavy atom. The lowest BCUT2D eigenvalue weighted by Crippen LogP contribution is -2.17. The van der Waals surface area contributed by atoms with E-state index in [1.165, 1.54) is 4.88 Å². The van der Waals surface area contributed by atoms with Crippen molar-refractivity contribution >= 4 is 22.9 Å². The molecule has 108 valence electrons. The number of hydrogen-bond acceptors (Lipinski definition) is 4. The molecular weight excluding hydrogens is 294 g/mol. The van der Waals surface area contributed by atoms with Gasteiger partial charge in [-0.2, -0.15) is 0 Å². The predicted molar refractivity (Wildman–Crippen MR) is 84.1 cm³/mol. The summed E-state index contributed by atoms with van der Waals surface area (Å²) in [4.78, 5) is 1.32. The standard InChI is InChI=1S/C15H18ClNO2S/c1-10(14-5-4-6-20-14)17-9-11-7-12(16)15(19-3)13(8-11)18-2/h4-8,10,17H,9H2,1-3H3/t10-/m1/s1. The first-order valence-electron chi connectivity index (χ1n) is 6.33. The molecule has 0 fully saturated rings. The second-order valence-corrected chi connectivity index (χ2v) is 5.82. The van der Waals surface area contributed by atoms with Crippen LogP contribution < -0.4 is 14.8 Å². The first-order chi connectivity index (χ1) is 9.65. The summed E-state index contributed by atoms with van der Waals surface area (Å²) in [7, 11) is 3.19. The lowest BCUT2D eigenvalue weighted by molar-refractivity contribution is 0.354. The van der Waals surface area contributed by atoms with E-state index in [2.05, 4.69) is 29.8 Å². The molecular formula is C15H18ClNO2S. The zero-order chi connectivity index (χ0) is 14.5. The summed E-state index contributed by atoms with van der Waals surface area (Å²) in [6.45, 7) is 2.87. The molecule has 1 aromatic carbocycles. The van der Waals surface area contributed by atoms with E-state index in [1.807, 2.05) is 12.1 Å². The summed E-state index contributed by atoms with van der Waals surface area (Å²) in [6.07, 6.45) is 0. The first kappa shape index (κ1) is 15.2. The van der Waals surface area contributed by atoms with Crippen molar-refractivity contribution < 1.29 is 9.47 Å². The summed E-state index contributed by atoms with van der Waals surface area (Å²) in [5, 5.41) is 6.12. The van der Waals surface area contributed by atoms with Crippen molar-refractivity contribution in [3.63, 3.8) is 0 Å². The predicted octanol–water partition coefficient (Wildman–Crippen LogP) is 4.27. The molecule has 0 bridgehead atoms. The lowest BCUT2D eigenvalue weighted by atomic mass is 10.1. The molecule has 20 heavy (non-hydrogen) atoms. The molecule has 0 unspecified atom stereocenters. The summed E-state index contributed by atoms with van der Waals surface area (Å²) < 4.78 is 10.5. The molecule has 2 rings (SSSR count). The number of nitrogens with one attached hydrogen (secondary N) is 1. The van der Waals surface area contributed by atoms with Crippen molar-refractivity contribution in [2.24, 2.45) is 0 Å². The van der Waals surface area contributed by atoms with Crippen LogP contribution in [0.3, 0.4) is 0 Å². The van der Waals surface area contributed by atoms with Crippen LogP contribution in [0, 0.1) is 0 Å². The van der Waals surface area contributed by atoms with Crippen molar-refractivity contribution in [1.29, 1.82) is 0 Å². The minimum Gasteiger partial charge on any atom is -0.493 e. The normalized spacial score (nSPS) is 12.2. The molecule has 0 aliphatic rings. The highest BCUT2D eigenvalue weighted by molar-refractivity contribution is 7.10. The van der Waals surface area contributed by atoms with E-state index in [0.717, 1.165) is 12.1 Å². The zero-order valence-corrected chi connectivity index (χ0v) is 13.3. The molecule has 0 aliphatic heterocycles. The minimum absolute atomic E-state index is 0.307. The second-order valence-electron chi connectivity index (χ2n) is 4.43. The Bertz CT molecular complexity index is 557. The highest BCUT2D eigenvalue weighted by atomic mass is 35.5. The third kappa shape index (κ3) is 3.45. The molecule has 1 heterocycles. The van der Waals surface area contributed by atoms with Crippen molar-refractivity contribution in [2.45, 2.75) is 19.5 Å². The number of ether oxygens (including phenoxy) is 2. The van der Waals surface area contributed by atoms with Gasteiger partial charge in [-0.3, -0.25) is 0 Å². The van der Waals surface area contributed by atoms with Crippen molar-refractivity contribution in [2.75, 3.05) is 14.2 Å². The van der Waals surface area contributed by atoms with Crippen LogP contribution in [0.15, 0.2) is 29.6 Å². The molecule has 5 heteroatoms. The number of benzene rings is 1. The van der Waals surface area contributed by atoms with Crippen LogP contribution in [-0.2, 0) is 6.54 Å². The average molecular weight is 312 g/mol. The first-order valence-corrected chi connectivity index (χ1v) is 7.58. The third-order valence-electron chi connectivity index (χ3n) is 3.08. The Labute approximate surface area is 128 Å². The third-order valence-corrected chi connectivity index (χ3v) is 4.41. The molecule has 0 radical (unpaired) electrons. The van der Waals surface area contributed by atoms with Crippen LogP contribution in [0.2, 0.25) is 5.02 Å². The van der Waals surface area contributed by atoms with Gasteiger partial charge in [0, 0.05) is 17.5 Å². The van der Waals surface area contributed by atoms with E-state index < -0.39 is 0 Å². The van der Waals surface area contributed by atoms with E-state index in [9.17, 15) is 0 Å². The molecule has 0 amide bonds. The van der Waals surface area contributed by atoms with E-state index in [0.29, 0.717) is 22.6 Å². The Balaban J connectivity index is 2.08. The van der Waals surface area contributed by atoms with Crippen molar-refractivity contribution in [3.8, 4) is 11.5 Å². The molecule has 0 saturated carbocycles. The summed E-state index contributed by atoms with van der Waals surface area (Å²) >= 11 is 7.95. The van der Waals surface area contributed by atoms with E-state index in [4.69, 9.17) is 21.1 Å². The largest absolute Gasteiger partial charge is 0.493 e. The van der Waals surface area contributed by atoms with Gasteiger partial charge in [-0.05, 0) is 36.1 Å². The van der Waals surface area contributed by atoms with Gasteiger partial charge in [0.1, 0.15) is 0 Å². The highest BCUT2D eigenvalue weighted by Gasteiger charge is 2.12. The van der Waals surface area contributed by atoms with Gasteiger partial charge in [-0.15, -0.1) is 11.3 Å². The fourth-order valence-corrected chi connectivity index (χ4v) is 3.05. The molecule has 1 N–H and O–H groups in total. The van der Waals surface area contributed by atoms with E-state index in [1.54, 1.807) is 25.6 Å². The van der Waals surface area contributed by atoms with Gasteiger partial charge in [-0.1, -0.05) is 17.7 Å². The van der Waals surface area contributed by atoms with Gasteiger partial charge in [0.05, 0.1) is 19.2 Å². The Hall–Kier alpha value is -1.23. The summed E-state index contributed by atoms with van der Waals surface area (Å²) in [5.41, 5.74) is 1.07. The van der Waals surface area contributed by atoms with Gasteiger partial charge in [-0.25, -0.2) is 0 Å². The molecule has 3 nitrogen and oxygen atoms in total. The van der Waals surface area contributed by atoms with Gasteiger partial charge < -0.3 is 14.8 Å². The molecule has 2 aromatic rings. The maximum Gasteiger partial charge on any atom is 0.179 e. The molecule has 1 atom stereocenters. The summed E-state index contributed by atoms with van der Waals surface area (Å²) in [6, 6.07) is 8.34. The number of hydrogen-bond donors (Lipinski definition) is 1. The van der Waals surface area contributed by atoms with Crippen LogP contribution in [0.25, 0.3) is 0 Å². The Kier molecular flexibility index (Phi) is 5.29. The zero-order valence-electron chi connectivity index (χ0n) is 11.8. The second kappa shape index (κ2) is 6.97. The van der Waals surface area contributed by atoms with Crippen molar-refractivity contribution in [3.05, 3.63) is 45.1 Å². The number of methoxy groups -OCH3 is 2. The fraction of sp³-hybridized carbons (Fsp3) is 0.333. The number of halogens is 1. The molecule has 0 aliphatic carbocycles. The van der Waals surface area contributed by atoms with Crippen LogP contribution in [0.5, 0.6) is 11.5 Å². The number of thiophene rings is 1. The Morgan fingerprint density at radius 1 is 1.30 bits per heavy atom. The smallest absolute Gasteiger partial charge is 0.179 e. The molecule has 0 spiro atoms.